The van der Waals surface area contributed by atoms with E-state index in [1.54, 1.807) is 89.4 Å². The third kappa shape index (κ3) is 7.49. The molecule has 5 aliphatic carbocycles. The van der Waals surface area contributed by atoms with E-state index in [4.69, 9.17) is 28.4 Å². The first kappa shape index (κ1) is 41.8. The number of amides is 2. The number of pyridine rings is 2. The second-order valence-electron chi connectivity index (χ2n) is 18.0. The molecule has 14 heteroatoms. The van der Waals surface area contributed by atoms with Gasteiger partial charge in [-0.15, -0.1) is 0 Å². The number of benzene rings is 4. The third-order valence-electron chi connectivity index (χ3n) is 13.8. The van der Waals surface area contributed by atoms with Gasteiger partial charge in [-0.1, -0.05) is 12.1 Å². The Bertz CT molecular complexity index is 2690. The number of aromatic nitrogens is 2. The molecule has 4 aromatic carbocycles. The highest BCUT2D eigenvalue weighted by atomic mass is 16.5. The largest absolute Gasteiger partial charge is 0.493 e. The average Bonchev–Trinajstić information content (AvgIpc) is 4.24. The summed E-state index contributed by atoms with van der Waals surface area (Å²) in [5.41, 5.74) is 0.0377. The van der Waals surface area contributed by atoms with Gasteiger partial charge in [-0.05, 0) is 117 Å². The van der Waals surface area contributed by atoms with Crippen LogP contribution in [0, 0.1) is 16.2 Å². The van der Waals surface area contributed by atoms with Gasteiger partial charge in [0.15, 0.2) is 28.8 Å². The molecule has 0 unspecified atom stereocenters. The maximum Gasteiger partial charge on any atom is 0.240 e. The lowest BCUT2D eigenvalue weighted by Crippen LogP contribution is -2.75. The minimum atomic E-state index is -1.13. The van der Waals surface area contributed by atoms with Gasteiger partial charge in [-0.3, -0.25) is 29.1 Å². The minimum Gasteiger partial charge on any atom is -0.493 e. The molecule has 2 heterocycles. The van der Waals surface area contributed by atoms with Crippen molar-refractivity contribution in [1.29, 1.82) is 0 Å². The van der Waals surface area contributed by atoms with Crippen molar-refractivity contribution >= 4 is 50.9 Å². The fourth-order valence-electron chi connectivity index (χ4n) is 9.92. The zero-order chi connectivity index (χ0) is 45.1. The van der Waals surface area contributed by atoms with Crippen LogP contribution in [0.3, 0.4) is 0 Å². The molecule has 0 radical (unpaired) electrons. The van der Waals surface area contributed by atoms with Crippen molar-refractivity contribution < 1.29 is 47.6 Å². The molecule has 0 aliphatic heterocycles. The summed E-state index contributed by atoms with van der Waals surface area (Å²) >= 11 is 0. The third-order valence-corrected chi connectivity index (χ3v) is 13.8. The molecule has 2 N–H and O–H groups in total. The number of carbonyl (C=O) groups is 4. The first-order chi connectivity index (χ1) is 31.4. The van der Waals surface area contributed by atoms with E-state index in [1.807, 2.05) is 36.4 Å². The van der Waals surface area contributed by atoms with Crippen LogP contribution in [0.1, 0.15) is 56.9 Å². The highest BCUT2D eigenvalue weighted by Gasteiger charge is 2.71. The van der Waals surface area contributed by atoms with Crippen LogP contribution in [0.15, 0.2) is 97.3 Å². The molecule has 0 atom stereocenters. The van der Waals surface area contributed by atoms with Crippen LogP contribution >= 0.6 is 0 Å². The van der Waals surface area contributed by atoms with Gasteiger partial charge in [-0.2, -0.15) is 0 Å². The Morgan fingerprint density at radius 2 is 1.03 bits per heavy atom. The predicted molar refractivity (Wildman–Crippen MR) is 240 cm³/mol. The molecule has 0 spiro atoms. The van der Waals surface area contributed by atoms with E-state index in [0.29, 0.717) is 114 Å². The zero-order valence-corrected chi connectivity index (χ0v) is 36.6. The summed E-state index contributed by atoms with van der Waals surface area (Å²) in [5, 5.41) is 7.63. The molecule has 65 heavy (non-hydrogen) atoms. The summed E-state index contributed by atoms with van der Waals surface area (Å²) in [4.78, 5) is 63.5. The number of ether oxygens (including phenoxy) is 6. The lowest BCUT2D eigenvalue weighted by atomic mass is 9.38. The van der Waals surface area contributed by atoms with Gasteiger partial charge >= 0.3 is 0 Å². The van der Waals surface area contributed by atoms with Crippen molar-refractivity contribution in [1.82, 2.24) is 15.3 Å². The Hall–Kier alpha value is -7.22. The molecular weight excluding hydrogens is 829 g/mol. The van der Waals surface area contributed by atoms with E-state index in [-0.39, 0.29) is 35.2 Å². The van der Waals surface area contributed by atoms with Gasteiger partial charge < -0.3 is 39.1 Å². The van der Waals surface area contributed by atoms with E-state index < -0.39 is 16.4 Å². The van der Waals surface area contributed by atoms with E-state index in [2.05, 4.69) is 20.6 Å². The Kier molecular flexibility index (Phi) is 10.1. The molecule has 2 bridgehead atoms. The molecule has 5 fully saturated rings. The van der Waals surface area contributed by atoms with Crippen LogP contribution < -0.4 is 39.1 Å². The monoisotopic (exact) mass is 876 g/mol. The van der Waals surface area contributed by atoms with Crippen LogP contribution in [-0.2, 0) is 25.6 Å². The van der Waals surface area contributed by atoms with Crippen molar-refractivity contribution in [2.45, 2.75) is 63.3 Å². The maximum atomic E-state index is 13.8. The predicted octanol–water partition coefficient (Wildman–Crippen LogP) is 8.71. The summed E-state index contributed by atoms with van der Waals surface area (Å²) in [5.74, 6) is 3.90. The molecule has 5 aliphatic rings. The standard InChI is InChI=1S/C51H48N4O10/c1-60-40-22-34-36(24-42(40)62-3)52-19-13-38(34)64-32-9-5-30(6-10-32)21-44(56)50(15-16-50)45(57)26-48-27-49(28-48,29-48)55-47(59)51(17-18-51)46(58)54-31-7-11-33(12-8-31)65-39-14-20-53-37-25-43(63-4)41(61-2)23-35(37)39/h5-14,19-20,22-25H,15-18,21,26-29H2,1-4H3,(H,54,58)(H,55,59). The number of Topliss-reactive ketones (excluding diaryl/α,β-unsaturated/α-hetero) is 2. The van der Waals surface area contributed by atoms with E-state index >= 15 is 0 Å². The first-order valence-electron chi connectivity index (χ1n) is 21.7. The summed E-state index contributed by atoms with van der Waals surface area (Å²) < 4.78 is 34.2. The zero-order valence-electron chi connectivity index (χ0n) is 36.6. The topological polar surface area (TPSA) is 173 Å². The second-order valence-corrected chi connectivity index (χ2v) is 18.0. The highest BCUT2D eigenvalue weighted by molar-refractivity contribution is 6.13. The Morgan fingerprint density at radius 3 is 1.51 bits per heavy atom. The summed E-state index contributed by atoms with van der Waals surface area (Å²) in [7, 11) is 6.28. The second kappa shape index (κ2) is 15.8. The molecule has 14 nitrogen and oxygen atoms in total. The summed E-state index contributed by atoms with van der Waals surface area (Å²) in [6.07, 6.45) is 7.86. The molecule has 332 valence electrons. The average molecular weight is 877 g/mol. The van der Waals surface area contributed by atoms with Gasteiger partial charge in [0, 0.05) is 59.4 Å². The van der Waals surface area contributed by atoms with E-state index in [9.17, 15) is 19.2 Å². The Balaban J connectivity index is 0.702. The number of ketones is 2. The van der Waals surface area contributed by atoms with Crippen LogP contribution in [0.4, 0.5) is 5.69 Å². The number of anilines is 1. The molecule has 2 aromatic heterocycles. The van der Waals surface area contributed by atoms with E-state index in [0.717, 1.165) is 16.3 Å². The van der Waals surface area contributed by atoms with Gasteiger partial charge in [0.1, 0.15) is 34.2 Å². The van der Waals surface area contributed by atoms with E-state index in [1.165, 1.54) is 0 Å². The number of carbonyl (C=O) groups excluding carboxylic acids is 4. The number of nitrogens with zero attached hydrogens (tertiary/aromatic N) is 2. The summed E-state index contributed by atoms with van der Waals surface area (Å²) in [6, 6.07) is 25.1. The molecule has 6 aromatic rings. The van der Waals surface area contributed by atoms with Crippen LogP contribution in [0.5, 0.6) is 46.0 Å². The fraction of sp³-hybridized carbons (Fsp3) is 0.333. The molecule has 2 amide bonds. The van der Waals surface area contributed by atoms with Crippen molar-refractivity contribution in [2.75, 3.05) is 33.8 Å². The smallest absolute Gasteiger partial charge is 0.240 e. The van der Waals surface area contributed by atoms with Crippen molar-refractivity contribution in [3.63, 3.8) is 0 Å². The Labute approximate surface area is 374 Å². The van der Waals surface area contributed by atoms with Crippen molar-refractivity contribution in [3.05, 3.63) is 103 Å². The van der Waals surface area contributed by atoms with Crippen LogP contribution in [0.25, 0.3) is 21.8 Å². The minimum absolute atomic E-state index is 0.00295. The Morgan fingerprint density at radius 1 is 0.554 bits per heavy atom. The number of hydrogen-bond acceptors (Lipinski definition) is 12. The quantitative estimate of drug-likeness (QED) is 0.0788. The lowest BCUT2D eigenvalue weighted by molar-refractivity contribution is -0.176. The number of fused-ring (bicyclic) bond motifs is 2. The van der Waals surface area contributed by atoms with Crippen LogP contribution in [0.2, 0.25) is 0 Å². The van der Waals surface area contributed by atoms with Crippen LogP contribution in [-0.4, -0.2) is 67.3 Å². The summed E-state index contributed by atoms with van der Waals surface area (Å²) in [6.45, 7) is 0. The molecule has 0 saturated heterocycles. The molecule has 5 saturated carbocycles. The normalized spacial score (nSPS) is 20.3. The maximum absolute atomic E-state index is 13.8. The molecule has 11 rings (SSSR count). The van der Waals surface area contributed by atoms with Gasteiger partial charge in [0.2, 0.25) is 11.8 Å². The fourth-order valence-corrected chi connectivity index (χ4v) is 9.92. The number of rotatable bonds is 18. The number of hydrogen-bond donors (Lipinski definition) is 2. The number of nitrogens with one attached hydrogen (secondary N) is 2. The van der Waals surface area contributed by atoms with Gasteiger partial charge in [0.05, 0.1) is 44.9 Å². The number of methoxy groups -OCH3 is 4. The highest BCUT2D eigenvalue weighted by Crippen LogP contribution is 2.70. The lowest BCUT2D eigenvalue weighted by Gasteiger charge is -2.71. The van der Waals surface area contributed by atoms with Crippen molar-refractivity contribution in [3.8, 4) is 46.0 Å². The van der Waals surface area contributed by atoms with Gasteiger partial charge in [-0.25, -0.2) is 0 Å². The van der Waals surface area contributed by atoms with Crippen molar-refractivity contribution in [2.24, 2.45) is 16.2 Å². The molecular formula is C51H48N4O10. The first-order valence-corrected chi connectivity index (χ1v) is 21.7. The SMILES string of the molecule is COc1cc2nccc(Oc3ccc(CC(=O)C4(C(=O)CC56CC(NC(=O)C7(C(=O)Nc8ccc(Oc9ccnc%10cc(OC)c(OC)cc9%10)cc8)CC7)(C5)C6)CC4)cc3)c2cc1OC. The van der Waals surface area contributed by atoms with Gasteiger partial charge in [0.25, 0.3) is 0 Å².